The number of thiophene rings is 1. The van der Waals surface area contributed by atoms with Gasteiger partial charge in [-0.15, -0.1) is 11.3 Å². The molecule has 1 heterocycles. The maximum Gasteiger partial charge on any atom is 0.273 e. The molecule has 0 saturated heterocycles. The van der Waals surface area contributed by atoms with Gasteiger partial charge in [-0.05, 0) is 55.0 Å². The molecule has 1 aliphatic rings. The average Bonchev–Trinajstić information content (AvgIpc) is 3.53. The lowest BCUT2D eigenvalue weighted by Gasteiger charge is -2.28. The van der Waals surface area contributed by atoms with Crippen LogP contribution in [0.15, 0.2) is 60.0 Å². The summed E-state index contributed by atoms with van der Waals surface area (Å²) in [5.41, 5.74) is 1.32. The fourth-order valence-electron chi connectivity index (χ4n) is 3.74. The van der Waals surface area contributed by atoms with Gasteiger partial charge in [0, 0.05) is 34.7 Å². The van der Waals surface area contributed by atoms with Crippen molar-refractivity contribution >= 4 is 28.8 Å². The molecular formula is C25H24FN3O4S. The number of amides is 2. The fourth-order valence-corrected chi connectivity index (χ4v) is 4.46. The van der Waals surface area contributed by atoms with Crippen molar-refractivity contribution in [3.8, 4) is 0 Å². The second kappa shape index (κ2) is 10.1. The predicted octanol–water partition coefficient (Wildman–Crippen LogP) is 4.94. The van der Waals surface area contributed by atoms with Gasteiger partial charge in [-0.1, -0.05) is 24.3 Å². The number of carbonyl (C=O) groups is 2. The summed E-state index contributed by atoms with van der Waals surface area (Å²) in [6.45, 7) is 2.14. The van der Waals surface area contributed by atoms with Gasteiger partial charge in [-0.3, -0.25) is 19.7 Å². The molecule has 3 aromatic rings. The number of nitro groups is 1. The molecule has 0 radical (unpaired) electrons. The number of nitro benzene ring substituents is 1. The molecule has 2 amide bonds. The normalized spacial score (nSPS) is 12.9. The third-order valence-electron chi connectivity index (χ3n) is 5.77. The van der Waals surface area contributed by atoms with Crippen LogP contribution in [0.25, 0.3) is 0 Å². The van der Waals surface area contributed by atoms with Crippen LogP contribution in [-0.2, 0) is 17.9 Å². The fraction of sp³-hybridized carbons (Fsp3) is 0.280. The van der Waals surface area contributed by atoms with E-state index in [0.29, 0.717) is 12.1 Å². The van der Waals surface area contributed by atoms with Crippen molar-refractivity contribution in [2.45, 2.75) is 38.9 Å². The van der Waals surface area contributed by atoms with Gasteiger partial charge in [0.2, 0.25) is 5.91 Å². The van der Waals surface area contributed by atoms with Crippen molar-refractivity contribution in [3.05, 3.63) is 97.5 Å². The van der Waals surface area contributed by atoms with Crippen LogP contribution in [0.3, 0.4) is 0 Å². The highest BCUT2D eigenvalue weighted by Crippen LogP contribution is 2.30. The molecule has 2 aromatic carbocycles. The topological polar surface area (TPSA) is 83.8 Å². The summed E-state index contributed by atoms with van der Waals surface area (Å²) in [4.78, 5) is 41.7. The maximum absolute atomic E-state index is 13.4. The molecule has 7 nitrogen and oxygen atoms in total. The number of rotatable bonds is 9. The summed E-state index contributed by atoms with van der Waals surface area (Å²) < 4.78 is 13.3. The Labute approximate surface area is 200 Å². The first-order valence-electron chi connectivity index (χ1n) is 10.9. The van der Waals surface area contributed by atoms with E-state index in [-0.39, 0.29) is 42.1 Å². The summed E-state index contributed by atoms with van der Waals surface area (Å²) in [6.07, 6.45) is 1.58. The highest BCUT2D eigenvalue weighted by Gasteiger charge is 2.36. The Morgan fingerprint density at radius 1 is 1.12 bits per heavy atom. The molecule has 0 atom stereocenters. The van der Waals surface area contributed by atoms with Gasteiger partial charge in [0.1, 0.15) is 12.4 Å². The van der Waals surface area contributed by atoms with Crippen molar-refractivity contribution in [1.29, 1.82) is 0 Å². The number of hydrogen-bond acceptors (Lipinski definition) is 5. The van der Waals surface area contributed by atoms with Crippen LogP contribution in [0.2, 0.25) is 0 Å². The van der Waals surface area contributed by atoms with E-state index in [1.807, 2.05) is 17.5 Å². The Morgan fingerprint density at radius 2 is 1.85 bits per heavy atom. The zero-order chi connectivity index (χ0) is 24.2. The van der Waals surface area contributed by atoms with Gasteiger partial charge in [-0.2, -0.15) is 0 Å². The lowest BCUT2D eigenvalue weighted by molar-refractivity contribution is -0.385. The maximum atomic E-state index is 13.4. The average molecular weight is 482 g/mol. The van der Waals surface area contributed by atoms with Crippen LogP contribution < -0.4 is 0 Å². The van der Waals surface area contributed by atoms with E-state index in [0.717, 1.165) is 23.3 Å². The van der Waals surface area contributed by atoms with Crippen LogP contribution >= 0.6 is 11.3 Å². The summed E-state index contributed by atoms with van der Waals surface area (Å²) in [6, 6.07) is 14.2. The molecule has 34 heavy (non-hydrogen) atoms. The Morgan fingerprint density at radius 3 is 2.47 bits per heavy atom. The standard InChI is InChI=1S/C25H24FN3O4S/c1-17-4-7-19(13-23(17)29(32)33)25(31)28(21-10-11-21)16-24(30)27(15-22-3-2-12-34-22)14-18-5-8-20(26)9-6-18/h2-9,12-13,21H,10-11,14-16H2,1H3. The third kappa shape index (κ3) is 5.66. The van der Waals surface area contributed by atoms with Crippen molar-refractivity contribution in [1.82, 2.24) is 9.80 Å². The van der Waals surface area contributed by atoms with Crippen LogP contribution in [0, 0.1) is 22.9 Å². The Balaban J connectivity index is 1.55. The highest BCUT2D eigenvalue weighted by molar-refractivity contribution is 7.09. The number of hydrogen-bond donors (Lipinski definition) is 0. The molecule has 4 rings (SSSR count). The molecule has 0 unspecified atom stereocenters. The molecule has 1 aromatic heterocycles. The van der Waals surface area contributed by atoms with E-state index < -0.39 is 10.8 Å². The molecule has 1 aliphatic carbocycles. The van der Waals surface area contributed by atoms with Crippen molar-refractivity contribution in [3.63, 3.8) is 0 Å². The summed E-state index contributed by atoms with van der Waals surface area (Å²) in [5.74, 6) is -0.978. The summed E-state index contributed by atoms with van der Waals surface area (Å²) in [7, 11) is 0. The highest BCUT2D eigenvalue weighted by atomic mass is 32.1. The summed E-state index contributed by atoms with van der Waals surface area (Å²) in [5, 5.41) is 13.3. The van der Waals surface area contributed by atoms with E-state index in [2.05, 4.69) is 0 Å². The molecule has 1 saturated carbocycles. The molecule has 9 heteroatoms. The van der Waals surface area contributed by atoms with Gasteiger partial charge < -0.3 is 9.80 Å². The quantitative estimate of drug-likeness (QED) is 0.320. The van der Waals surface area contributed by atoms with E-state index >= 15 is 0 Å². The van der Waals surface area contributed by atoms with Crippen LogP contribution in [-0.4, -0.2) is 39.1 Å². The van der Waals surface area contributed by atoms with Gasteiger partial charge in [0.25, 0.3) is 11.6 Å². The van der Waals surface area contributed by atoms with E-state index in [4.69, 9.17) is 0 Å². The first kappa shape index (κ1) is 23.6. The van der Waals surface area contributed by atoms with Gasteiger partial charge in [0.05, 0.1) is 11.5 Å². The van der Waals surface area contributed by atoms with E-state index in [1.165, 1.54) is 34.4 Å². The van der Waals surface area contributed by atoms with E-state index in [1.54, 1.807) is 36.1 Å². The lowest BCUT2D eigenvalue weighted by Crippen LogP contribution is -2.43. The molecule has 176 valence electrons. The lowest BCUT2D eigenvalue weighted by atomic mass is 10.1. The first-order chi connectivity index (χ1) is 16.3. The van der Waals surface area contributed by atoms with Gasteiger partial charge in [-0.25, -0.2) is 4.39 Å². The zero-order valence-electron chi connectivity index (χ0n) is 18.6. The number of aryl methyl sites for hydroxylation is 1. The Bertz CT molecular complexity index is 1190. The molecular weight excluding hydrogens is 457 g/mol. The number of carbonyl (C=O) groups excluding carboxylic acids is 2. The molecule has 0 spiro atoms. The number of nitrogens with zero attached hydrogens (tertiary/aromatic N) is 3. The van der Waals surface area contributed by atoms with Gasteiger partial charge >= 0.3 is 0 Å². The third-order valence-corrected chi connectivity index (χ3v) is 6.63. The van der Waals surface area contributed by atoms with Crippen LogP contribution in [0.4, 0.5) is 10.1 Å². The SMILES string of the molecule is Cc1ccc(C(=O)N(CC(=O)N(Cc2ccc(F)cc2)Cc2cccs2)C2CC2)cc1[N+](=O)[O-]. The summed E-state index contributed by atoms with van der Waals surface area (Å²) >= 11 is 1.53. The monoisotopic (exact) mass is 481 g/mol. The number of halogens is 1. The smallest absolute Gasteiger partial charge is 0.273 e. The Hall–Kier alpha value is -3.59. The second-order valence-electron chi connectivity index (χ2n) is 8.38. The largest absolute Gasteiger partial charge is 0.332 e. The van der Waals surface area contributed by atoms with Crippen LogP contribution in [0.5, 0.6) is 0 Å². The van der Waals surface area contributed by atoms with E-state index in [9.17, 15) is 24.1 Å². The molecule has 1 fully saturated rings. The van der Waals surface area contributed by atoms with Gasteiger partial charge in [0.15, 0.2) is 0 Å². The minimum atomic E-state index is -0.510. The molecule has 0 N–H and O–H groups in total. The Kier molecular flexibility index (Phi) is 7.02. The minimum absolute atomic E-state index is 0.0637. The zero-order valence-corrected chi connectivity index (χ0v) is 19.5. The minimum Gasteiger partial charge on any atom is -0.332 e. The second-order valence-corrected chi connectivity index (χ2v) is 9.41. The first-order valence-corrected chi connectivity index (χ1v) is 11.8. The molecule has 0 aliphatic heterocycles. The molecule has 0 bridgehead atoms. The van der Waals surface area contributed by atoms with Crippen LogP contribution in [0.1, 0.15) is 39.2 Å². The van der Waals surface area contributed by atoms with Crippen molar-refractivity contribution in [2.75, 3.05) is 6.54 Å². The van der Waals surface area contributed by atoms with Crippen molar-refractivity contribution in [2.24, 2.45) is 0 Å². The predicted molar refractivity (Wildman–Crippen MR) is 127 cm³/mol. The van der Waals surface area contributed by atoms with Crippen molar-refractivity contribution < 1.29 is 18.9 Å². The number of benzene rings is 2.